The van der Waals surface area contributed by atoms with Crippen LogP contribution < -0.4 is 0 Å². The molecule has 0 fully saturated rings. The van der Waals surface area contributed by atoms with E-state index in [2.05, 4.69) is 0 Å². The van der Waals surface area contributed by atoms with Gasteiger partial charge in [0.05, 0.1) is 18.9 Å². The number of carboxylic acids is 2. The molecule has 3 N–H and O–H groups in total. The highest BCUT2D eigenvalue weighted by Crippen LogP contribution is 2.26. The van der Waals surface area contributed by atoms with Gasteiger partial charge in [0.1, 0.15) is 6.10 Å². The highest BCUT2D eigenvalue weighted by atomic mass is 16.5. The molecule has 0 amide bonds. The fraction of sp³-hybridized carbons (Fsp3) is 0.542. The van der Waals surface area contributed by atoms with Gasteiger partial charge in [0.25, 0.3) is 0 Å². The first-order valence-corrected chi connectivity index (χ1v) is 10.5. The highest BCUT2D eigenvalue weighted by molar-refractivity contribution is 5.86. The Hall–Kier alpha value is -2.67. The molecule has 31 heavy (non-hydrogen) atoms. The Morgan fingerprint density at radius 2 is 1.58 bits per heavy atom. The number of rotatable bonds is 14. The van der Waals surface area contributed by atoms with Crippen LogP contribution in [0.4, 0.5) is 0 Å². The molecule has 5 unspecified atom stereocenters. The number of carbonyl (C=O) groups excluding carboxylic acids is 1. The van der Waals surface area contributed by atoms with Crippen LogP contribution in [0.2, 0.25) is 0 Å². The van der Waals surface area contributed by atoms with Crippen molar-refractivity contribution in [3.8, 4) is 0 Å². The van der Waals surface area contributed by atoms with E-state index in [9.17, 15) is 19.5 Å². The Labute approximate surface area is 184 Å². The third kappa shape index (κ3) is 12.6. The molecule has 174 valence electrons. The molecule has 0 aliphatic carbocycles. The van der Waals surface area contributed by atoms with Crippen LogP contribution in [-0.2, 0) is 19.1 Å². The van der Waals surface area contributed by atoms with E-state index in [1.54, 1.807) is 30.4 Å². The predicted octanol–water partition coefficient (Wildman–Crippen LogP) is 4.14. The molecule has 0 aromatic heterocycles. The average Bonchev–Trinajstić information content (AvgIpc) is 2.69. The summed E-state index contributed by atoms with van der Waals surface area (Å²) in [5.41, 5.74) is 0.213. The third-order valence-corrected chi connectivity index (χ3v) is 4.93. The number of aliphatic hydroxyl groups excluding tert-OH is 1. The first-order valence-electron chi connectivity index (χ1n) is 10.5. The van der Waals surface area contributed by atoms with E-state index in [0.717, 1.165) is 0 Å². The number of allylic oxidation sites excluding steroid dienone is 5. The monoisotopic (exact) mass is 436 g/mol. The summed E-state index contributed by atoms with van der Waals surface area (Å²) < 4.78 is 5.62. The van der Waals surface area contributed by atoms with Gasteiger partial charge in [0.15, 0.2) is 0 Å². The molecule has 0 aromatic rings. The molecular formula is C24H36O7. The maximum absolute atomic E-state index is 12.2. The molecule has 0 spiro atoms. The van der Waals surface area contributed by atoms with E-state index in [1.165, 1.54) is 13.0 Å². The van der Waals surface area contributed by atoms with E-state index < -0.39 is 30.1 Å². The quantitative estimate of drug-likeness (QED) is 0.162. The molecule has 0 aliphatic rings. The first kappa shape index (κ1) is 28.3. The second-order valence-electron chi connectivity index (χ2n) is 7.84. The molecule has 0 radical (unpaired) electrons. The molecule has 5 atom stereocenters. The molecule has 0 aliphatic heterocycles. The Balaban J connectivity index is 5.30. The molecule has 7 heteroatoms. The minimum absolute atomic E-state index is 0.0494. The third-order valence-electron chi connectivity index (χ3n) is 4.93. The van der Waals surface area contributed by atoms with E-state index in [-0.39, 0.29) is 36.2 Å². The van der Waals surface area contributed by atoms with Crippen LogP contribution in [0.3, 0.4) is 0 Å². The standard InChI is InChI=1S/C24H36O7/c1-6-10-20(25)18(4)15-19(5)23(31-22(28)14-13-21(26)27)16(2)11-8-7-9-12-17(3)24(29)30/h6-12,16,18-20,23,25H,13-15H2,1-5H3,(H,26,27)(H,29,30)/b9-7+,10-6+,11-8+,17-12+. The molecular weight excluding hydrogens is 400 g/mol. The number of aliphatic hydroxyl groups is 1. The van der Waals surface area contributed by atoms with Crippen molar-refractivity contribution < 1.29 is 34.4 Å². The van der Waals surface area contributed by atoms with Gasteiger partial charge in [-0.25, -0.2) is 4.79 Å². The minimum atomic E-state index is -1.06. The second-order valence-corrected chi connectivity index (χ2v) is 7.84. The fourth-order valence-corrected chi connectivity index (χ4v) is 3.09. The van der Waals surface area contributed by atoms with Crippen molar-refractivity contribution in [3.05, 3.63) is 48.1 Å². The largest absolute Gasteiger partial charge is 0.481 e. The minimum Gasteiger partial charge on any atom is -0.481 e. The van der Waals surface area contributed by atoms with Crippen LogP contribution in [0.5, 0.6) is 0 Å². The Bertz CT molecular complexity index is 703. The van der Waals surface area contributed by atoms with Crippen LogP contribution in [0, 0.1) is 17.8 Å². The summed E-state index contributed by atoms with van der Waals surface area (Å²) >= 11 is 0. The van der Waals surface area contributed by atoms with E-state index in [0.29, 0.717) is 6.42 Å². The van der Waals surface area contributed by atoms with Crippen molar-refractivity contribution >= 4 is 17.9 Å². The van der Waals surface area contributed by atoms with Gasteiger partial charge in [-0.1, -0.05) is 63.3 Å². The molecule has 0 bridgehead atoms. The predicted molar refractivity (Wildman–Crippen MR) is 119 cm³/mol. The highest BCUT2D eigenvalue weighted by Gasteiger charge is 2.28. The number of esters is 1. The molecule has 0 rings (SSSR count). The van der Waals surface area contributed by atoms with Gasteiger partial charge in [-0.2, -0.15) is 0 Å². The van der Waals surface area contributed by atoms with Crippen molar-refractivity contribution in [3.63, 3.8) is 0 Å². The topological polar surface area (TPSA) is 121 Å². The van der Waals surface area contributed by atoms with Crippen LogP contribution >= 0.6 is 0 Å². The molecule has 0 heterocycles. The zero-order chi connectivity index (χ0) is 24.0. The van der Waals surface area contributed by atoms with Crippen molar-refractivity contribution in [2.24, 2.45) is 17.8 Å². The van der Waals surface area contributed by atoms with Gasteiger partial charge < -0.3 is 20.1 Å². The first-order chi connectivity index (χ1) is 14.5. The SMILES string of the molecule is C/C=C/C(O)C(C)CC(C)C(OC(=O)CCC(=O)O)C(C)/C=C/C=C/C=C(\C)C(=O)O. The van der Waals surface area contributed by atoms with Gasteiger partial charge in [-0.05, 0) is 32.1 Å². The van der Waals surface area contributed by atoms with Gasteiger partial charge >= 0.3 is 17.9 Å². The summed E-state index contributed by atoms with van der Waals surface area (Å²) in [6.07, 6.45) is 10.9. The summed E-state index contributed by atoms with van der Waals surface area (Å²) in [5, 5.41) is 27.8. The number of ether oxygens (including phenoxy) is 1. The summed E-state index contributed by atoms with van der Waals surface area (Å²) in [6, 6.07) is 0. The smallest absolute Gasteiger partial charge is 0.331 e. The Kier molecular flexibility index (Phi) is 13.9. The zero-order valence-electron chi connectivity index (χ0n) is 19.0. The fourth-order valence-electron chi connectivity index (χ4n) is 3.09. The summed E-state index contributed by atoms with van der Waals surface area (Å²) in [4.78, 5) is 33.7. The second kappa shape index (κ2) is 15.2. The van der Waals surface area contributed by atoms with Crippen LogP contribution in [0.25, 0.3) is 0 Å². The molecule has 0 saturated heterocycles. The van der Waals surface area contributed by atoms with Crippen LogP contribution in [-0.4, -0.2) is 45.4 Å². The number of aliphatic carboxylic acids is 2. The van der Waals surface area contributed by atoms with Crippen LogP contribution in [0.1, 0.15) is 53.9 Å². The number of hydrogen-bond acceptors (Lipinski definition) is 5. The lowest BCUT2D eigenvalue weighted by Crippen LogP contribution is -2.33. The molecule has 0 saturated carbocycles. The lowest BCUT2D eigenvalue weighted by Gasteiger charge is -2.30. The molecule has 0 aromatic carbocycles. The Morgan fingerprint density at radius 3 is 2.13 bits per heavy atom. The van der Waals surface area contributed by atoms with Crippen LogP contribution in [0.15, 0.2) is 48.1 Å². The van der Waals surface area contributed by atoms with E-state index in [4.69, 9.17) is 14.9 Å². The van der Waals surface area contributed by atoms with Gasteiger partial charge in [0, 0.05) is 11.5 Å². The summed E-state index contributed by atoms with van der Waals surface area (Å²) in [7, 11) is 0. The summed E-state index contributed by atoms with van der Waals surface area (Å²) in [5.74, 6) is -2.93. The van der Waals surface area contributed by atoms with Gasteiger partial charge in [-0.3, -0.25) is 9.59 Å². The maximum atomic E-state index is 12.2. The maximum Gasteiger partial charge on any atom is 0.331 e. The van der Waals surface area contributed by atoms with Crippen molar-refractivity contribution in [2.45, 2.75) is 66.1 Å². The number of carboxylic acid groups (broad SMARTS) is 2. The number of carbonyl (C=O) groups is 3. The van der Waals surface area contributed by atoms with Crippen molar-refractivity contribution in [1.82, 2.24) is 0 Å². The van der Waals surface area contributed by atoms with Gasteiger partial charge in [0.2, 0.25) is 0 Å². The van der Waals surface area contributed by atoms with E-state index in [1.807, 2.05) is 33.8 Å². The lowest BCUT2D eigenvalue weighted by molar-refractivity contribution is -0.156. The number of hydrogen-bond donors (Lipinski definition) is 3. The Morgan fingerprint density at radius 1 is 0.935 bits per heavy atom. The van der Waals surface area contributed by atoms with Crippen molar-refractivity contribution in [2.75, 3.05) is 0 Å². The normalized spacial score (nSPS) is 17.5. The summed E-state index contributed by atoms with van der Waals surface area (Å²) in [6.45, 7) is 9.08. The van der Waals surface area contributed by atoms with E-state index >= 15 is 0 Å². The molecule has 7 nitrogen and oxygen atoms in total. The lowest BCUT2D eigenvalue weighted by atomic mass is 9.84. The zero-order valence-corrected chi connectivity index (χ0v) is 19.0. The average molecular weight is 437 g/mol. The van der Waals surface area contributed by atoms with Gasteiger partial charge in [-0.15, -0.1) is 0 Å². The van der Waals surface area contributed by atoms with Crippen molar-refractivity contribution in [1.29, 1.82) is 0 Å².